The molecular weight excluding hydrogens is 322 g/mol. The topological polar surface area (TPSA) is 49.0 Å². The minimum Gasteiger partial charge on any atom is -0.364 e. The normalized spacial score (nSPS) is 17.6. The number of nitrogens with one attached hydrogen (secondary N) is 1. The maximum atomic E-state index is 12.9. The zero-order valence-corrected chi connectivity index (χ0v) is 15.2. The van der Waals surface area contributed by atoms with Gasteiger partial charge in [-0.1, -0.05) is 43.3 Å². The molecule has 1 aromatic heterocycles. The van der Waals surface area contributed by atoms with Gasteiger partial charge in [0.05, 0.1) is 5.69 Å². The molecule has 0 amide bonds. The Morgan fingerprint density at radius 3 is 2.73 bits per heavy atom. The van der Waals surface area contributed by atoms with Crippen molar-refractivity contribution in [2.45, 2.75) is 39.3 Å². The lowest BCUT2D eigenvalue weighted by Gasteiger charge is -2.35. The fourth-order valence-electron chi connectivity index (χ4n) is 4.39. The Morgan fingerprint density at radius 1 is 1.12 bits per heavy atom. The highest BCUT2D eigenvalue weighted by Crippen LogP contribution is 2.48. The second-order valence-corrected chi connectivity index (χ2v) is 7.53. The van der Waals surface area contributed by atoms with Gasteiger partial charge in [0, 0.05) is 35.3 Å². The predicted octanol–water partition coefficient (Wildman–Crippen LogP) is 4.77. The molecule has 4 heteroatoms. The first kappa shape index (κ1) is 15.4. The second kappa shape index (κ2) is 5.31. The Hall–Kier alpha value is -2.88. The standard InChI is InChI=1S/C22H21N3O/c1-12(2)25-11-14-7-6-9-15-13(3)22(26)21-19(18(14)15)20(23-24-21)16-8-4-5-10-17(16)25/h4-10,12-13H,11H2,1-3H3,(H,23,24). The summed E-state index contributed by atoms with van der Waals surface area (Å²) in [5.74, 6) is -0.0540. The lowest BCUT2D eigenvalue weighted by atomic mass is 9.77. The molecule has 0 bridgehead atoms. The molecule has 4 nitrogen and oxygen atoms in total. The van der Waals surface area contributed by atoms with E-state index in [1.807, 2.05) is 13.0 Å². The molecule has 1 aliphatic heterocycles. The summed E-state index contributed by atoms with van der Waals surface area (Å²) in [6, 6.07) is 15.1. The highest BCUT2D eigenvalue weighted by molar-refractivity contribution is 6.12. The minimum atomic E-state index is -0.157. The van der Waals surface area contributed by atoms with Crippen LogP contribution in [0.3, 0.4) is 0 Å². The largest absolute Gasteiger partial charge is 0.364 e. The fourth-order valence-corrected chi connectivity index (χ4v) is 4.39. The quantitative estimate of drug-likeness (QED) is 0.692. The van der Waals surface area contributed by atoms with Crippen LogP contribution >= 0.6 is 0 Å². The van der Waals surface area contributed by atoms with E-state index in [9.17, 15) is 4.79 Å². The summed E-state index contributed by atoms with van der Waals surface area (Å²) < 4.78 is 0. The van der Waals surface area contributed by atoms with Crippen LogP contribution in [0.25, 0.3) is 22.4 Å². The van der Waals surface area contributed by atoms with Crippen molar-refractivity contribution in [1.29, 1.82) is 0 Å². The van der Waals surface area contributed by atoms with E-state index >= 15 is 0 Å². The van der Waals surface area contributed by atoms with Crippen LogP contribution in [0, 0.1) is 0 Å². The summed E-state index contributed by atoms with van der Waals surface area (Å²) >= 11 is 0. The average molecular weight is 343 g/mol. The molecule has 1 atom stereocenters. The molecule has 1 unspecified atom stereocenters. The van der Waals surface area contributed by atoms with Crippen molar-refractivity contribution in [2.24, 2.45) is 0 Å². The number of hydrogen-bond acceptors (Lipinski definition) is 3. The summed E-state index contributed by atoms with van der Waals surface area (Å²) in [7, 11) is 0. The molecule has 0 fully saturated rings. The second-order valence-electron chi connectivity index (χ2n) is 7.53. The molecule has 1 aliphatic carbocycles. The molecule has 0 saturated heterocycles. The number of H-pyrrole nitrogens is 1. The zero-order chi connectivity index (χ0) is 18.0. The summed E-state index contributed by atoms with van der Waals surface area (Å²) in [4.78, 5) is 15.3. The van der Waals surface area contributed by atoms with Crippen molar-refractivity contribution in [3.8, 4) is 22.4 Å². The molecule has 2 aromatic carbocycles. The molecule has 3 aromatic rings. The van der Waals surface area contributed by atoms with Gasteiger partial charge in [-0.2, -0.15) is 5.10 Å². The number of Topliss-reactive ketones (excluding diaryl/α,β-unsaturated/α-hetero) is 1. The van der Waals surface area contributed by atoms with Crippen molar-refractivity contribution in [2.75, 3.05) is 4.90 Å². The van der Waals surface area contributed by atoms with Crippen molar-refractivity contribution in [3.63, 3.8) is 0 Å². The number of rotatable bonds is 1. The Labute approximate surface area is 152 Å². The molecular formula is C22H21N3O. The molecule has 2 aliphatic rings. The SMILES string of the molecule is CC1C(=O)c2n[nH]c3c2-c2c(cccc21)CN(C(C)C)c1ccccc1-3. The number of ketones is 1. The number of para-hydroxylation sites is 1. The van der Waals surface area contributed by atoms with Crippen molar-refractivity contribution in [3.05, 3.63) is 59.3 Å². The number of hydrogen-bond donors (Lipinski definition) is 1. The number of fused-ring (bicyclic) bond motifs is 2. The minimum absolute atomic E-state index is 0.103. The highest BCUT2D eigenvalue weighted by Gasteiger charge is 2.37. The molecule has 1 N–H and O–H groups in total. The van der Waals surface area contributed by atoms with E-state index in [1.165, 1.54) is 16.8 Å². The average Bonchev–Trinajstić information content (AvgIpc) is 3.07. The van der Waals surface area contributed by atoms with E-state index in [1.54, 1.807) is 0 Å². The van der Waals surface area contributed by atoms with Gasteiger partial charge in [-0.25, -0.2) is 0 Å². The molecule has 0 saturated carbocycles. The molecule has 0 spiro atoms. The van der Waals surface area contributed by atoms with E-state index in [2.05, 4.69) is 65.3 Å². The first-order chi connectivity index (χ1) is 12.6. The van der Waals surface area contributed by atoms with Gasteiger partial charge >= 0.3 is 0 Å². The molecule has 5 rings (SSSR count). The van der Waals surface area contributed by atoms with Gasteiger partial charge in [-0.3, -0.25) is 9.89 Å². The maximum Gasteiger partial charge on any atom is 0.190 e. The van der Waals surface area contributed by atoms with E-state index in [0.717, 1.165) is 28.9 Å². The molecule has 2 heterocycles. The van der Waals surface area contributed by atoms with E-state index < -0.39 is 0 Å². The molecule has 0 radical (unpaired) electrons. The summed E-state index contributed by atoms with van der Waals surface area (Å²) in [6.45, 7) is 7.25. The van der Waals surface area contributed by atoms with Crippen molar-refractivity contribution in [1.82, 2.24) is 10.2 Å². The van der Waals surface area contributed by atoms with Gasteiger partial charge in [0.1, 0.15) is 5.69 Å². The Bertz CT molecular complexity index is 1050. The van der Waals surface area contributed by atoms with E-state index in [0.29, 0.717) is 11.7 Å². The third-order valence-electron chi connectivity index (χ3n) is 5.74. The number of aromatic amines is 1. The van der Waals surface area contributed by atoms with Gasteiger partial charge in [0.2, 0.25) is 0 Å². The molecule has 26 heavy (non-hydrogen) atoms. The number of carbonyl (C=O) groups excluding carboxylic acids is 1. The fraction of sp³-hybridized carbons (Fsp3) is 0.273. The Balaban J connectivity index is 1.92. The summed E-state index contributed by atoms with van der Waals surface area (Å²) in [5.41, 5.74) is 8.37. The lowest BCUT2D eigenvalue weighted by molar-refractivity contribution is 0.0960. The van der Waals surface area contributed by atoms with Crippen LogP contribution in [0.4, 0.5) is 5.69 Å². The van der Waals surface area contributed by atoms with Crippen LogP contribution in [0.1, 0.15) is 48.3 Å². The Kier molecular flexibility index (Phi) is 3.14. The van der Waals surface area contributed by atoms with Crippen LogP contribution in [0.5, 0.6) is 0 Å². The lowest BCUT2D eigenvalue weighted by Crippen LogP contribution is -2.32. The van der Waals surface area contributed by atoms with Gasteiger partial charge in [0.15, 0.2) is 5.78 Å². The maximum absolute atomic E-state index is 12.9. The smallest absolute Gasteiger partial charge is 0.190 e. The highest BCUT2D eigenvalue weighted by atomic mass is 16.1. The van der Waals surface area contributed by atoms with E-state index in [4.69, 9.17) is 0 Å². The van der Waals surface area contributed by atoms with Crippen molar-refractivity contribution < 1.29 is 4.79 Å². The molecule has 130 valence electrons. The first-order valence-electron chi connectivity index (χ1n) is 9.18. The Morgan fingerprint density at radius 2 is 1.92 bits per heavy atom. The monoisotopic (exact) mass is 343 g/mol. The van der Waals surface area contributed by atoms with E-state index in [-0.39, 0.29) is 11.7 Å². The number of nitrogens with zero attached hydrogens (tertiary/aromatic N) is 2. The summed E-state index contributed by atoms with van der Waals surface area (Å²) in [6.07, 6.45) is 0. The van der Waals surface area contributed by atoms with Crippen LogP contribution < -0.4 is 4.90 Å². The number of benzene rings is 2. The predicted molar refractivity (Wildman–Crippen MR) is 104 cm³/mol. The zero-order valence-electron chi connectivity index (χ0n) is 15.2. The third kappa shape index (κ3) is 1.90. The van der Waals surface area contributed by atoms with Crippen LogP contribution in [0.15, 0.2) is 42.5 Å². The van der Waals surface area contributed by atoms with Gasteiger partial charge in [-0.05, 0) is 36.6 Å². The van der Waals surface area contributed by atoms with Crippen LogP contribution in [0.2, 0.25) is 0 Å². The number of anilines is 1. The van der Waals surface area contributed by atoms with Gasteiger partial charge in [-0.15, -0.1) is 0 Å². The summed E-state index contributed by atoms with van der Waals surface area (Å²) in [5, 5.41) is 7.64. The van der Waals surface area contributed by atoms with Crippen LogP contribution in [-0.4, -0.2) is 22.0 Å². The van der Waals surface area contributed by atoms with Crippen molar-refractivity contribution >= 4 is 11.5 Å². The van der Waals surface area contributed by atoms with Gasteiger partial charge in [0.25, 0.3) is 0 Å². The number of carbonyl (C=O) groups is 1. The third-order valence-corrected chi connectivity index (χ3v) is 5.74. The van der Waals surface area contributed by atoms with Crippen LogP contribution in [-0.2, 0) is 6.54 Å². The number of aromatic nitrogens is 2. The van der Waals surface area contributed by atoms with Gasteiger partial charge < -0.3 is 4.90 Å². The first-order valence-corrected chi connectivity index (χ1v) is 9.18.